The molecule has 0 bridgehead atoms. The van der Waals surface area contributed by atoms with Crippen molar-refractivity contribution in [3.63, 3.8) is 0 Å². The van der Waals surface area contributed by atoms with Gasteiger partial charge in [0.1, 0.15) is 0 Å². The Balaban J connectivity index is 2.97. The third-order valence-corrected chi connectivity index (χ3v) is 5.01. The van der Waals surface area contributed by atoms with Crippen LogP contribution in [-0.2, 0) is 14.8 Å². The van der Waals surface area contributed by atoms with Crippen molar-refractivity contribution in [1.82, 2.24) is 4.31 Å². The number of carboxylic acid groups (broad SMARTS) is 1. The van der Waals surface area contributed by atoms with Crippen LogP contribution in [0.1, 0.15) is 32.3 Å². The summed E-state index contributed by atoms with van der Waals surface area (Å²) in [5, 5.41) is 8.65. The fraction of sp³-hybridized carbons (Fsp3) is 0.500. The van der Waals surface area contributed by atoms with Gasteiger partial charge in [0.05, 0.1) is 4.90 Å². The van der Waals surface area contributed by atoms with E-state index in [0.717, 1.165) is 5.56 Å². The van der Waals surface area contributed by atoms with Crippen molar-refractivity contribution in [3.8, 4) is 0 Å². The molecule has 1 rings (SSSR count). The molecule has 1 N–H and O–H groups in total. The van der Waals surface area contributed by atoms with Crippen LogP contribution in [0.25, 0.3) is 0 Å². The van der Waals surface area contributed by atoms with Crippen LogP contribution in [0.15, 0.2) is 29.2 Å². The van der Waals surface area contributed by atoms with Gasteiger partial charge < -0.3 is 5.11 Å². The Morgan fingerprint density at radius 3 is 2.50 bits per heavy atom. The van der Waals surface area contributed by atoms with Crippen LogP contribution in [0.5, 0.6) is 0 Å². The highest BCUT2D eigenvalue weighted by Gasteiger charge is 2.26. The lowest BCUT2D eigenvalue weighted by Gasteiger charge is -2.25. The summed E-state index contributed by atoms with van der Waals surface area (Å²) in [5.74, 6) is -0.915. The Labute approximate surface area is 120 Å². The number of hydrogen-bond acceptors (Lipinski definition) is 3. The predicted octanol–water partition coefficient (Wildman–Crippen LogP) is 2.26. The van der Waals surface area contributed by atoms with Gasteiger partial charge in [-0.05, 0) is 44.9 Å². The van der Waals surface area contributed by atoms with Crippen molar-refractivity contribution in [2.75, 3.05) is 6.54 Å². The molecule has 0 fully saturated rings. The van der Waals surface area contributed by atoms with Crippen molar-refractivity contribution < 1.29 is 18.3 Å². The summed E-state index contributed by atoms with van der Waals surface area (Å²) >= 11 is 0. The van der Waals surface area contributed by atoms with Gasteiger partial charge in [0.2, 0.25) is 10.0 Å². The highest BCUT2D eigenvalue weighted by atomic mass is 32.2. The first kappa shape index (κ1) is 16.7. The first-order valence-electron chi connectivity index (χ1n) is 6.55. The lowest BCUT2D eigenvalue weighted by atomic mass is 10.2. The van der Waals surface area contributed by atoms with E-state index in [-0.39, 0.29) is 23.9 Å². The van der Waals surface area contributed by atoms with Crippen LogP contribution in [0.4, 0.5) is 0 Å². The van der Waals surface area contributed by atoms with Gasteiger partial charge in [-0.1, -0.05) is 12.1 Å². The third-order valence-electron chi connectivity index (χ3n) is 2.94. The molecule has 0 atom stereocenters. The van der Waals surface area contributed by atoms with E-state index in [1.165, 1.54) is 4.31 Å². The fourth-order valence-electron chi connectivity index (χ4n) is 1.95. The Morgan fingerprint density at radius 1 is 1.35 bits per heavy atom. The minimum absolute atomic E-state index is 0.0352. The summed E-state index contributed by atoms with van der Waals surface area (Å²) in [6.07, 6.45) is 0.269. The van der Waals surface area contributed by atoms with Crippen LogP contribution >= 0.6 is 0 Å². The molecule has 0 aliphatic rings. The molecule has 0 amide bonds. The molecular formula is C14H21NO4S. The molecule has 0 aliphatic heterocycles. The second-order valence-electron chi connectivity index (χ2n) is 5.02. The van der Waals surface area contributed by atoms with Crippen molar-refractivity contribution in [2.24, 2.45) is 0 Å². The number of rotatable bonds is 7. The lowest BCUT2D eigenvalue weighted by molar-refractivity contribution is -0.137. The molecule has 6 heteroatoms. The number of carbonyl (C=O) groups is 1. The smallest absolute Gasteiger partial charge is 0.303 e. The highest BCUT2D eigenvalue weighted by Crippen LogP contribution is 2.19. The van der Waals surface area contributed by atoms with E-state index in [4.69, 9.17) is 5.11 Å². The molecule has 20 heavy (non-hydrogen) atoms. The monoisotopic (exact) mass is 299 g/mol. The number of aryl methyl sites for hydroxylation is 1. The first-order valence-corrected chi connectivity index (χ1v) is 7.99. The number of sulfonamides is 1. The molecule has 0 aromatic heterocycles. The average molecular weight is 299 g/mol. The van der Waals surface area contributed by atoms with Crippen LogP contribution in [0, 0.1) is 6.92 Å². The summed E-state index contributed by atoms with van der Waals surface area (Å²) in [5.41, 5.74) is 0.875. The topological polar surface area (TPSA) is 74.7 Å². The second kappa shape index (κ2) is 6.85. The molecule has 0 saturated heterocycles. The predicted molar refractivity (Wildman–Crippen MR) is 77.1 cm³/mol. The van der Waals surface area contributed by atoms with Crippen LogP contribution < -0.4 is 0 Å². The normalized spacial score (nSPS) is 12.1. The maximum atomic E-state index is 12.6. The molecule has 0 radical (unpaired) electrons. The van der Waals surface area contributed by atoms with Gasteiger partial charge in [0.25, 0.3) is 0 Å². The molecule has 0 spiro atoms. The zero-order chi connectivity index (χ0) is 15.3. The largest absolute Gasteiger partial charge is 0.481 e. The Kier molecular flexibility index (Phi) is 5.71. The number of benzene rings is 1. The van der Waals surface area contributed by atoms with E-state index in [2.05, 4.69) is 0 Å². The summed E-state index contributed by atoms with van der Waals surface area (Å²) in [6.45, 7) is 5.62. The van der Waals surface area contributed by atoms with Gasteiger partial charge in [0, 0.05) is 19.0 Å². The van der Waals surface area contributed by atoms with Crippen LogP contribution in [-0.4, -0.2) is 36.4 Å². The average Bonchev–Trinajstić information content (AvgIpc) is 2.33. The number of nitrogens with zero attached hydrogens (tertiary/aromatic N) is 1. The highest BCUT2D eigenvalue weighted by molar-refractivity contribution is 7.89. The summed E-state index contributed by atoms with van der Waals surface area (Å²) in [6, 6.07) is 6.52. The Morgan fingerprint density at radius 2 is 2.00 bits per heavy atom. The summed E-state index contributed by atoms with van der Waals surface area (Å²) in [7, 11) is -3.58. The first-order chi connectivity index (χ1) is 9.25. The quantitative estimate of drug-likeness (QED) is 0.838. The molecule has 1 aromatic carbocycles. The molecule has 0 unspecified atom stereocenters. The van der Waals surface area contributed by atoms with Gasteiger partial charge in [-0.25, -0.2) is 8.42 Å². The maximum Gasteiger partial charge on any atom is 0.303 e. The number of aliphatic carboxylic acids is 1. The zero-order valence-electron chi connectivity index (χ0n) is 12.0. The van der Waals surface area contributed by atoms with E-state index >= 15 is 0 Å². The van der Waals surface area contributed by atoms with E-state index in [0.29, 0.717) is 6.42 Å². The molecular weight excluding hydrogens is 278 g/mol. The SMILES string of the molecule is Cc1cccc(S(=O)(=O)N(CCCC(=O)O)C(C)C)c1. The van der Waals surface area contributed by atoms with Crippen molar-refractivity contribution in [3.05, 3.63) is 29.8 Å². The van der Waals surface area contributed by atoms with Gasteiger partial charge in [-0.3, -0.25) is 4.79 Å². The summed E-state index contributed by atoms with van der Waals surface area (Å²) in [4.78, 5) is 10.8. The Hall–Kier alpha value is -1.40. The molecule has 0 saturated carbocycles. The standard InChI is InChI=1S/C14H21NO4S/c1-11(2)15(9-5-8-14(16)17)20(18,19)13-7-4-6-12(3)10-13/h4,6-7,10-11H,5,8-9H2,1-3H3,(H,16,17). The minimum atomic E-state index is -3.58. The van der Waals surface area contributed by atoms with E-state index < -0.39 is 16.0 Å². The van der Waals surface area contributed by atoms with Gasteiger partial charge in [-0.15, -0.1) is 0 Å². The van der Waals surface area contributed by atoms with Gasteiger partial charge in [0.15, 0.2) is 0 Å². The second-order valence-corrected chi connectivity index (χ2v) is 6.91. The molecule has 1 aromatic rings. The van der Waals surface area contributed by atoms with Gasteiger partial charge >= 0.3 is 5.97 Å². The summed E-state index contributed by atoms with van der Waals surface area (Å²) < 4.78 is 26.5. The van der Waals surface area contributed by atoms with Crippen molar-refractivity contribution in [2.45, 2.75) is 44.6 Å². The van der Waals surface area contributed by atoms with Crippen molar-refractivity contribution in [1.29, 1.82) is 0 Å². The van der Waals surface area contributed by atoms with Crippen molar-refractivity contribution >= 4 is 16.0 Å². The van der Waals surface area contributed by atoms with E-state index in [1.807, 2.05) is 13.0 Å². The van der Waals surface area contributed by atoms with Crippen LogP contribution in [0.3, 0.4) is 0 Å². The van der Waals surface area contributed by atoms with Gasteiger partial charge in [-0.2, -0.15) is 4.31 Å². The maximum absolute atomic E-state index is 12.6. The van der Waals surface area contributed by atoms with E-state index in [9.17, 15) is 13.2 Å². The molecule has 5 nitrogen and oxygen atoms in total. The number of hydrogen-bond donors (Lipinski definition) is 1. The Bertz CT molecular complexity index is 566. The van der Waals surface area contributed by atoms with Crippen LogP contribution in [0.2, 0.25) is 0 Å². The molecule has 0 aliphatic carbocycles. The fourth-order valence-corrected chi connectivity index (χ4v) is 3.73. The molecule has 0 heterocycles. The third kappa shape index (κ3) is 4.31. The lowest BCUT2D eigenvalue weighted by Crippen LogP contribution is -2.37. The minimum Gasteiger partial charge on any atom is -0.481 e. The number of carboxylic acids is 1. The van der Waals surface area contributed by atoms with E-state index in [1.54, 1.807) is 32.0 Å². The zero-order valence-corrected chi connectivity index (χ0v) is 12.9. The molecule has 112 valence electrons.